The third-order valence-corrected chi connectivity index (χ3v) is 7.07. The topological polar surface area (TPSA) is 121 Å². The van der Waals surface area contributed by atoms with Crippen LogP contribution in [0.2, 0.25) is 10.0 Å². The summed E-state index contributed by atoms with van der Waals surface area (Å²) >= 11 is 12.8. The number of pyridine rings is 1. The number of ether oxygens (including phenoxy) is 3. The van der Waals surface area contributed by atoms with E-state index in [-0.39, 0.29) is 17.6 Å². The molecule has 0 unspecified atom stereocenters. The second kappa shape index (κ2) is 13.9. The van der Waals surface area contributed by atoms with Gasteiger partial charge in [0.05, 0.1) is 19.8 Å². The van der Waals surface area contributed by atoms with Gasteiger partial charge in [-0.15, -0.1) is 0 Å². The van der Waals surface area contributed by atoms with Gasteiger partial charge < -0.3 is 30.1 Å². The number of carbonyl (C=O) groups excluding carboxylic acids is 1. The summed E-state index contributed by atoms with van der Waals surface area (Å²) in [6.45, 7) is 2.37. The third-order valence-electron chi connectivity index (χ3n) is 6.39. The zero-order valence-corrected chi connectivity index (χ0v) is 23.7. The maximum absolute atomic E-state index is 13.2. The number of esters is 1. The first-order valence-electron chi connectivity index (χ1n) is 12.2. The number of aromatic nitrogens is 1. The van der Waals surface area contributed by atoms with Gasteiger partial charge in [-0.3, -0.25) is 0 Å². The highest BCUT2D eigenvalue weighted by molar-refractivity contribution is 6.35. The zero-order chi connectivity index (χ0) is 27.9. The highest BCUT2D eigenvalue weighted by Gasteiger charge is 2.24. The number of anilines is 1. The van der Waals surface area contributed by atoms with Gasteiger partial charge in [-0.1, -0.05) is 47.5 Å². The zero-order valence-electron chi connectivity index (χ0n) is 22.2. The minimum Gasteiger partial charge on any atom is -0.870 e. The van der Waals surface area contributed by atoms with Crippen molar-refractivity contribution in [3.63, 3.8) is 0 Å². The van der Waals surface area contributed by atoms with Crippen LogP contribution < -0.4 is 19.8 Å². The number of H-pyrrole nitrogens is 1. The molecule has 0 saturated heterocycles. The van der Waals surface area contributed by atoms with Crippen LogP contribution in [0.4, 0.5) is 5.69 Å². The Kier molecular flexibility index (Phi) is 10.6. The molecule has 1 atom stereocenters. The van der Waals surface area contributed by atoms with E-state index in [4.69, 9.17) is 37.4 Å². The van der Waals surface area contributed by atoms with Gasteiger partial charge in [-0.25, -0.2) is 9.78 Å². The molecule has 3 aromatic carbocycles. The van der Waals surface area contributed by atoms with Gasteiger partial charge in [-0.2, -0.15) is 0 Å². The molecule has 10 heteroatoms. The van der Waals surface area contributed by atoms with Gasteiger partial charge in [-0.05, 0) is 54.4 Å². The number of hydrogen-bond acceptors (Lipinski definition) is 7. The Labute approximate surface area is 242 Å². The largest absolute Gasteiger partial charge is 0.870 e. The number of benzene rings is 3. The van der Waals surface area contributed by atoms with Crippen LogP contribution in [-0.2, 0) is 17.7 Å². The molecule has 0 radical (unpaired) electrons. The van der Waals surface area contributed by atoms with E-state index in [0.717, 1.165) is 16.8 Å². The van der Waals surface area contributed by atoms with Crippen molar-refractivity contribution in [1.82, 2.24) is 0 Å². The van der Waals surface area contributed by atoms with Crippen molar-refractivity contribution in [2.45, 2.75) is 26.0 Å². The van der Waals surface area contributed by atoms with Crippen LogP contribution >= 0.6 is 23.2 Å². The van der Waals surface area contributed by atoms with Crippen LogP contribution in [-0.4, -0.2) is 30.8 Å². The van der Waals surface area contributed by atoms with Crippen molar-refractivity contribution in [2.75, 3.05) is 19.5 Å². The lowest BCUT2D eigenvalue weighted by atomic mass is 10.0. The van der Waals surface area contributed by atoms with Gasteiger partial charge in [0.25, 0.3) is 0 Å². The number of phenols is 1. The first-order valence-corrected chi connectivity index (χ1v) is 12.9. The standard InChI is InChI=1S/C30H28Cl2N2O5.H2O/c1-18-25(5-4-6-26(18)35)34-15-19-7-9-20(10-8-19)30(36)39-28(14-22-23(31)16-33-17-24(22)32)21-11-12-27(37-2)29(13-21)38-3;/h4-13,16-17,28,34-35H,14-15H2,1-3H3;1H2/t28-;/m0./s1. The summed E-state index contributed by atoms with van der Waals surface area (Å²) < 4.78 is 16.8. The lowest BCUT2D eigenvalue weighted by molar-refractivity contribution is -0.377. The fraction of sp³-hybridized carbons (Fsp3) is 0.200. The number of carbonyl (C=O) groups is 1. The summed E-state index contributed by atoms with van der Waals surface area (Å²) in [4.78, 5) is 16.1. The van der Waals surface area contributed by atoms with Crippen molar-refractivity contribution in [1.29, 1.82) is 0 Å². The van der Waals surface area contributed by atoms with Crippen LogP contribution in [0.15, 0.2) is 73.1 Å². The van der Waals surface area contributed by atoms with Gasteiger partial charge in [0, 0.05) is 29.8 Å². The van der Waals surface area contributed by atoms with Crippen LogP contribution in [0.1, 0.15) is 38.7 Å². The van der Waals surface area contributed by atoms with Crippen molar-refractivity contribution < 1.29 is 34.6 Å². The minimum atomic E-state index is -0.704. The molecular weight excluding hydrogens is 555 g/mol. The quantitative estimate of drug-likeness (QED) is 0.206. The summed E-state index contributed by atoms with van der Waals surface area (Å²) in [7, 11) is 3.10. The Hall–Kier alpha value is -3.98. The predicted octanol–water partition coefficient (Wildman–Crippen LogP) is 6.41. The fourth-order valence-electron chi connectivity index (χ4n) is 4.11. The summed E-state index contributed by atoms with van der Waals surface area (Å²) in [6.07, 6.45) is 2.80. The summed E-state index contributed by atoms with van der Waals surface area (Å²) in [5.74, 6) is 0.807. The molecule has 1 heterocycles. The molecule has 4 rings (SSSR count). The Balaban J connectivity index is 0.00000441. The Morgan fingerprint density at radius 2 is 1.65 bits per heavy atom. The number of nitrogens with one attached hydrogen (secondary N) is 2. The highest BCUT2D eigenvalue weighted by atomic mass is 35.5. The number of aromatic amines is 1. The fourth-order valence-corrected chi connectivity index (χ4v) is 4.64. The Bertz CT molecular complexity index is 1440. The first-order chi connectivity index (χ1) is 18.8. The molecule has 0 aliphatic rings. The van der Waals surface area contributed by atoms with Crippen molar-refractivity contribution in [3.8, 4) is 17.2 Å². The van der Waals surface area contributed by atoms with E-state index in [0.29, 0.717) is 44.8 Å². The molecule has 8 nitrogen and oxygen atoms in total. The van der Waals surface area contributed by atoms with Crippen LogP contribution in [0.5, 0.6) is 17.2 Å². The van der Waals surface area contributed by atoms with Gasteiger partial charge in [0.1, 0.15) is 21.9 Å². The van der Waals surface area contributed by atoms with Crippen molar-refractivity contribution >= 4 is 34.9 Å². The molecule has 4 aromatic rings. The first kappa shape index (κ1) is 30.6. The van der Waals surface area contributed by atoms with E-state index in [1.165, 1.54) is 0 Å². The number of phenolic OH excluding ortho intramolecular Hbond substituents is 1. The average Bonchev–Trinajstić information content (AvgIpc) is 2.95. The minimum absolute atomic E-state index is 0. The van der Waals surface area contributed by atoms with Crippen molar-refractivity contribution in [3.05, 3.63) is 111 Å². The molecule has 0 saturated carbocycles. The molecule has 210 valence electrons. The summed E-state index contributed by atoms with van der Waals surface area (Å²) in [6, 6.07) is 17.8. The highest BCUT2D eigenvalue weighted by Crippen LogP contribution is 2.35. The number of rotatable bonds is 10. The van der Waals surface area contributed by atoms with Crippen LogP contribution in [0.3, 0.4) is 0 Å². The molecule has 0 fully saturated rings. The van der Waals surface area contributed by atoms with E-state index >= 15 is 0 Å². The lowest BCUT2D eigenvalue weighted by Gasteiger charge is -2.20. The second-order valence-corrected chi connectivity index (χ2v) is 9.66. The Morgan fingerprint density at radius 3 is 2.30 bits per heavy atom. The molecule has 40 heavy (non-hydrogen) atoms. The molecule has 4 N–H and O–H groups in total. The molecule has 0 spiro atoms. The average molecular weight is 585 g/mol. The van der Waals surface area contributed by atoms with Crippen LogP contribution in [0.25, 0.3) is 0 Å². The van der Waals surface area contributed by atoms with Crippen molar-refractivity contribution in [2.24, 2.45) is 0 Å². The second-order valence-electron chi connectivity index (χ2n) is 8.84. The van der Waals surface area contributed by atoms with Gasteiger partial charge in [0.15, 0.2) is 23.9 Å². The molecular formula is C30H30Cl2N2O6. The number of hydrogen-bond donors (Lipinski definition) is 2. The van der Waals surface area contributed by atoms with E-state index in [1.807, 2.05) is 31.2 Å². The Morgan fingerprint density at radius 1 is 0.975 bits per heavy atom. The third kappa shape index (κ3) is 7.15. The molecule has 0 aliphatic carbocycles. The number of methoxy groups -OCH3 is 2. The monoisotopic (exact) mass is 584 g/mol. The van der Waals surface area contributed by atoms with E-state index in [9.17, 15) is 9.90 Å². The summed E-state index contributed by atoms with van der Waals surface area (Å²) in [5, 5.41) is 14.1. The lowest BCUT2D eigenvalue weighted by Crippen LogP contribution is -2.16. The van der Waals surface area contributed by atoms with E-state index in [1.54, 1.807) is 63.0 Å². The van der Waals surface area contributed by atoms with Gasteiger partial charge in [0.2, 0.25) is 0 Å². The molecule has 0 aliphatic heterocycles. The van der Waals surface area contributed by atoms with Gasteiger partial charge >= 0.3 is 5.97 Å². The molecule has 0 amide bonds. The number of halogens is 2. The maximum atomic E-state index is 13.2. The van der Waals surface area contributed by atoms with E-state index in [2.05, 4.69) is 10.3 Å². The van der Waals surface area contributed by atoms with Crippen LogP contribution in [0, 0.1) is 6.92 Å². The summed E-state index contributed by atoms with van der Waals surface area (Å²) in [5.41, 5.74) is 4.32. The number of aromatic hydroxyl groups is 1. The predicted molar refractivity (Wildman–Crippen MR) is 153 cm³/mol. The smallest absolute Gasteiger partial charge is 0.338 e. The molecule has 1 aromatic heterocycles. The maximum Gasteiger partial charge on any atom is 0.338 e. The molecule has 0 bridgehead atoms. The van der Waals surface area contributed by atoms with E-state index < -0.39 is 12.1 Å². The normalized spacial score (nSPS) is 11.2. The SMILES string of the molecule is COc1ccc([C@H](Cc2c(Cl)c[nH+]cc2Cl)OC(=O)c2ccc(CNc3cccc(O)c3C)cc2)cc1OC.[OH-].